The van der Waals surface area contributed by atoms with Crippen LogP contribution in [0, 0.1) is 13.8 Å². The molecule has 2 rings (SSSR count). The number of aromatic nitrogens is 3. The van der Waals surface area contributed by atoms with Gasteiger partial charge in [-0.2, -0.15) is 0 Å². The largest absolute Gasteiger partial charge is 0.338 e. The van der Waals surface area contributed by atoms with Gasteiger partial charge in [0.25, 0.3) is 0 Å². The van der Waals surface area contributed by atoms with Crippen LogP contribution in [-0.4, -0.2) is 21.1 Å². The molecule has 2 aromatic rings. The zero-order chi connectivity index (χ0) is 14.5. The third-order valence-electron chi connectivity index (χ3n) is 3.53. The Morgan fingerprint density at radius 2 is 2.10 bits per heavy atom. The maximum atomic E-state index is 4.64. The fourth-order valence-corrected chi connectivity index (χ4v) is 2.45. The Labute approximate surface area is 121 Å². The molecule has 0 aliphatic heterocycles. The summed E-state index contributed by atoms with van der Waals surface area (Å²) in [4.78, 5) is 9.07. The quantitative estimate of drug-likeness (QED) is 0.879. The lowest BCUT2D eigenvalue weighted by Crippen LogP contribution is -2.26. The van der Waals surface area contributed by atoms with Gasteiger partial charge in [0.2, 0.25) is 0 Å². The van der Waals surface area contributed by atoms with Crippen molar-refractivity contribution in [1.82, 2.24) is 19.9 Å². The Kier molecular flexibility index (Phi) is 4.90. The summed E-state index contributed by atoms with van der Waals surface area (Å²) in [5, 5.41) is 3.60. The van der Waals surface area contributed by atoms with Crippen LogP contribution in [0.5, 0.6) is 0 Å². The smallest absolute Gasteiger partial charge is 0.110 e. The van der Waals surface area contributed by atoms with E-state index in [0.29, 0.717) is 0 Å². The number of imidazole rings is 1. The van der Waals surface area contributed by atoms with Gasteiger partial charge in [-0.1, -0.05) is 13.0 Å². The molecule has 0 saturated carbocycles. The molecule has 0 amide bonds. The van der Waals surface area contributed by atoms with E-state index in [1.165, 1.54) is 11.1 Å². The van der Waals surface area contributed by atoms with Gasteiger partial charge in [-0.15, -0.1) is 0 Å². The minimum absolute atomic E-state index is 0.219. The molecule has 0 aromatic carbocycles. The summed E-state index contributed by atoms with van der Waals surface area (Å²) in [6.45, 7) is 7.38. The van der Waals surface area contributed by atoms with Crippen LogP contribution in [-0.2, 0) is 13.5 Å². The first-order chi connectivity index (χ1) is 9.61. The van der Waals surface area contributed by atoms with Gasteiger partial charge < -0.3 is 9.88 Å². The summed E-state index contributed by atoms with van der Waals surface area (Å²) in [5.74, 6) is 1.08. The summed E-state index contributed by atoms with van der Waals surface area (Å²) in [7, 11) is 2.04. The van der Waals surface area contributed by atoms with Crippen LogP contribution in [0.25, 0.3) is 0 Å². The number of nitrogens with one attached hydrogen (secondary N) is 1. The average molecular weight is 272 g/mol. The second kappa shape index (κ2) is 6.66. The fourth-order valence-electron chi connectivity index (χ4n) is 2.45. The van der Waals surface area contributed by atoms with E-state index in [2.05, 4.69) is 46.7 Å². The lowest BCUT2D eigenvalue weighted by atomic mass is 10.0. The Balaban J connectivity index is 2.24. The summed E-state index contributed by atoms with van der Waals surface area (Å²) in [5.41, 5.74) is 3.58. The van der Waals surface area contributed by atoms with Crippen molar-refractivity contribution in [2.24, 2.45) is 7.05 Å². The SMILES string of the molecule is CCCNC(Cc1nccn1C)c1ncc(C)cc1C. The standard InChI is InChI=1S/C16H24N4/c1-5-6-17-14(10-15-18-7-8-20(15)4)16-13(3)9-12(2)11-19-16/h7-9,11,14,17H,5-6,10H2,1-4H3. The molecule has 4 heteroatoms. The van der Waals surface area contributed by atoms with E-state index in [4.69, 9.17) is 0 Å². The zero-order valence-electron chi connectivity index (χ0n) is 12.8. The topological polar surface area (TPSA) is 42.7 Å². The first kappa shape index (κ1) is 14.7. The predicted molar refractivity (Wildman–Crippen MR) is 81.7 cm³/mol. The number of hydrogen-bond acceptors (Lipinski definition) is 3. The predicted octanol–water partition coefficient (Wildman–Crippen LogP) is 2.72. The number of rotatable bonds is 6. The molecule has 20 heavy (non-hydrogen) atoms. The van der Waals surface area contributed by atoms with Gasteiger partial charge in [0.15, 0.2) is 0 Å². The van der Waals surface area contributed by atoms with Crippen molar-refractivity contribution in [3.05, 3.63) is 47.3 Å². The summed E-state index contributed by atoms with van der Waals surface area (Å²) in [6.07, 6.45) is 7.76. The molecule has 2 aromatic heterocycles. The van der Waals surface area contributed by atoms with Crippen LogP contribution in [0.3, 0.4) is 0 Å². The molecule has 0 spiro atoms. The highest BCUT2D eigenvalue weighted by Crippen LogP contribution is 2.20. The van der Waals surface area contributed by atoms with Crippen molar-refractivity contribution in [3.63, 3.8) is 0 Å². The van der Waals surface area contributed by atoms with Crippen LogP contribution < -0.4 is 5.32 Å². The van der Waals surface area contributed by atoms with Crippen LogP contribution in [0.15, 0.2) is 24.7 Å². The number of aryl methyl sites for hydroxylation is 3. The van der Waals surface area contributed by atoms with E-state index in [1.807, 2.05) is 25.6 Å². The summed E-state index contributed by atoms with van der Waals surface area (Å²) >= 11 is 0. The van der Waals surface area contributed by atoms with Crippen molar-refractivity contribution in [3.8, 4) is 0 Å². The van der Waals surface area contributed by atoms with Crippen molar-refractivity contribution in [2.75, 3.05) is 6.54 Å². The molecular formula is C16H24N4. The van der Waals surface area contributed by atoms with E-state index >= 15 is 0 Å². The molecule has 1 atom stereocenters. The third-order valence-corrected chi connectivity index (χ3v) is 3.53. The third kappa shape index (κ3) is 3.45. The molecule has 1 unspecified atom stereocenters. The molecule has 0 bridgehead atoms. The molecule has 108 valence electrons. The van der Waals surface area contributed by atoms with Crippen molar-refractivity contribution >= 4 is 0 Å². The molecule has 4 nitrogen and oxygen atoms in total. The molecule has 0 aliphatic rings. The van der Waals surface area contributed by atoms with E-state index in [1.54, 1.807) is 0 Å². The number of nitrogens with zero attached hydrogens (tertiary/aromatic N) is 3. The first-order valence-corrected chi connectivity index (χ1v) is 7.24. The Bertz CT molecular complexity index is 559. The van der Waals surface area contributed by atoms with Gasteiger partial charge in [0.1, 0.15) is 5.82 Å². The highest BCUT2D eigenvalue weighted by Gasteiger charge is 2.17. The molecule has 2 heterocycles. The van der Waals surface area contributed by atoms with Crippen LogP contribution in [0.1, 0.15) is 42.0 Å². The van der Waals surface area contributed by atoms with Crippen LogP contribution in [0.2, 0.25) is 0 Å². The van der Waals surface area contributed by atoms with E-state index in [-0.39, 0.29) is 6.04 Å². The average Bonchev–Trinajstić information content (AvgIpc) is 2.80. The van der Waals surface area contributed by atoms with E-state index in [0.717, 1.165) is 30.9 Å². The van der Waals surface area contributed by atoms with Gasteiger partial charge in [-0.05, 0) is 37.9 Å². The van der Waals surface area contributed by atoms with Gasteiger partial charge >= 0.3 is 0 Å². The lowest BCUT2D eigenvalue weighted by Gasteiger charge is -2.20. The van der Waals surface area contributed by atoms with Crippen LogP contribution >= 0.6 is 0 Å². The van der Waals surface area contributed by atoms with Gasteiger partial charge in [0.05, 0.1) is 11.7 Å². The van der Waals surface area contributed by atoms with Crippen molar-refractivity contribution < 1.29 is 0 Å². The maximum absolute atomic E-state index is 4.64. The van der Waals surface area contributed by atoms with E-state index < -0.39 is 0 Å². The normalized spacial score (nSPS) is 12.6. The Morgan fingerprint density at radius 1 is 1.30 bits per heavy atom. The highest BCUT2D eigenvalue weighted by molar-refractivity contribution is 5.26. The molecule has 0 fully saturated rings. The molecule has 0 saturated heterocycles. The Hall–Kier alpha value is -1.68. The second-order valence-corrected chi connectivity index (χ2v) is 5.38. The molecule has 0 aliphatic carbocycles. The molecule has 0 radical (unpaired) electrons. The lowest BCUT2D eigenvalue weighted by molar-refractivity contribution is 0.499. The van der Waals surface area contributed by atoms with Crippen molar-refractivity contribution in [2.45, 2.75) is 39.7 Å². The summed E-state index contributed by atoms with van der Waals surface area (Å²) < 4.78 is 2.07. The maximum Gasteiger partial charge on any atom is 0.110 e. The van der Waals surface area contributed by atoms with Gasteiger partial charge in [-0.25, -0.2) is 4.98 Å². The van der Waals surface area contributed by atoms with E-state index in [9.17, 15) is 0 Å². The van der Waals surface area contributed by atoms with Gasteiger partial charge in [-0.3, -0.25) is 4.98 Å². The van der Waals surface area contributed by atoms with Gasteiger partial charge in [0, 0.05) is 32.1 Å². The molecular weight excluding hydrogens is 248 g/mol. The summed E-state index contributed by atoms with van der Waals surface area (Å²) in [6, 6.07) is 2.41. The Morgan fingerprint density at radius 3 is 2.70 bits per heavy atom. The monoisotopic (exact) mass is 272 g/mol. The minimum atomic E-state index is 0.219. The highest BCUT2D eigenvalue weighted by atomic mass is 15.0. The molecule has 1 N–H and O–H groups in total. The van der Waals surface area contributed by atoms with Crippen molar-refractivity contribution in [1.29, 1.82) is 0 Å². The number of hydrogen-bond donors (Lipinski definition) is 1. The zero-order valence-corrected chi connectivity index (χ0v) is 12.8. The second-order valence-electron chi connectivity index (χ2n) is 5.38. The minimum Gasteiger partial charge on any atom is -0.338 e. The number of pyridine rings is 1. The first-order valence-electron chi connectivity index (χ1n) is 7.24. The van der Waals surface area contributed by atoms with Crippen LogP contribution in [0.4, 0.5) is 0 Å². The fraction of sp³-hybridized carbons (Fsp3) is 0.500.